The molecule has 0 aliphatic carbocycles. The molecule has 6 heteroatoms. The van der Waals surface area contributed by atoms with Gasteiger partial charge in [0.2, 0.25) is 11.8 Å². The first-order chi connectivity index (χ1) is 12.0. The molecule has 2 fully saturated rings. The number of β-amino-alcohol motifs (C(OH)–C–C–N with tert-alkyl or cyclic N) is 1. The van der Waals surface area contributed by atoms with E-state index in [0.717, 1.165) is 31.4 Å². The van der Waals surface area contributed by atoms with Gasteiger partial charge in [-0.05, 0) is 37.0 Å². The number of piperidine rings is 2. The summed E-state index contributed by atoms with van der Waals surface area (Å²) in [6.45, 7) is 2.34. The molecular formula is C19H25FN2O3. The SMILES string of the molecule is O=C1CC[C@]2(CCCN(C(=O)Cc3ccc(F)cc3)C2)CN1CCO. The summed E-state index contributed by atoms with van der Waals surface area (Å²) in [6.07, 6.45) is 3.49. The minimum atomic E-state index is -0.302. The van der Waals surface area contributed by atoms with Crippen LogP contribution in [0.4, 0.5) is 4.39 Å². The van der Waals surface area contributed by atoms with Crippen LogP contribution in [0.3, 0.4) is 0 Å². The number of halogens is 1. The van der Waals surface area contributed by atoms with Crippen LogP contribution in [-0.4, -0.2) is 59.5 Å². The predicted octanol–water partition coefficient (Wildman–Crippen LogP) is 1.59. The maximum Gasteiger partial charge on any atom is 0.227 e. The number of likely N-dealkylation sites (tertiary alicyclic amines) is 2. The van der Waals surface area contributed by atoms with Crippen LogP contribution in [0.2, 0.25) is 0 Å². The minimum Gasteiger partial charge on any atom is -0.395 e. The van der Waals surface area contributed by atoms with E-state index in [4.69, 9.17) is 5.11 Å². The molecule has 0 bridgehead atoms. The summed E-state index contributed by atoms with van der Waals surface area (Å²) < 4.78 is 13.0. The van der Waals surface area contributed by atoms with Gasteiger partial charge in [0, 0.05) is 38.0 Å². The molecule has 2 saturated heterocycles. The number of benzene rings is 1. The monoisotopic (exact) mass is 348 g/mol. The van der Waals surface area contributed by atoms with E-state index >= 15 is 0 Å². The molecule has 1 spiro atoms. The second-order valence-electron chi connectivity index (χ2n) is 7.26. The molecule has 2 amide bonds. The third kappa shape index (κ3) is 4.18. The van der Waals surface area contributed by atoms with Crippen molar-refractivity contribution >= 4 is 11.8 Å². The zero-order valence-corrected chi connectivity index (χ0v) is 14.4. The number of carbonyl (C=O) groups excluding carboxylic acids is 2. The summed E-state index contributed by atoms with van der Waals surface area (Å²) in [6, 6.07) is 6.05. The number of nitrogens with zero attached hydrogens (tertiary/aromatic N) is 2. The first-order valence-corrected chi connectivity index (χ1v) is 8.92. The van der Waals surface area contributed by atoms with Crippen molar-refractivity contribution in [3.8, 4) is 0 Å². The number of aliphatic hydroxyl groups excluding tert-OH is 1. The predicted molar refractivity (Wildman–Crippen MR) is 91.3 cm³/mol. The molecular weight excluding hydrogens is 323 g/mol. The second kappa shape index (κ2) is 7.52. The van der Waals surface area contributed by atoms with Crippen LogP contribution in [0, 0.1) is 11.2 Å². The second-order valence-corrected chi connectivity index (χ2v) is 7.26. The Morgan fingerprint density at radius 3 is 2.68 bits per heavy atom. The van der Waals surface area contributed by atoms with Gasteiger partial charge in [-0.25, -0.2) is 4.39 Å². The van der Waals surface area contributed by atoms with E-state index in [-0.39, 0.29) is 36.1 Å². The van der Waals surface area contributed by atoms with Gasteiger partial charge in [0.05, 0.1) is 13.0 Å². The molecule has 0 radical (unpaired) electrons. The number of hydrogen-bond acceptors (Lipinski definition) is 3. The van der Waals surface area contributed by atoms with Gasteiger partial charge in [0.1, 0.15) is 5.82 Å². The third-order valence-electron chi connectivity index (χ3n) is 5.40. The summed E-state index contributed by atoms with van der Waals surface area (Å²) in [5.41, 5.74) is 0.756. The average Bonchev–Trinajstić information content (AvgIpc) is 2.61. The quantitative estimate of drug-likeness (QED) is 0.899. The number of carbonyl (C=O) groups is 2. The summed E-state index contributed by atoms with van der Waals surface area (Å²) in [5.74, 6) is -0.158. The first-order valence-electron chi connectivity index (χ1n) is 8.92. The Morgan fingerprint density at radius 2 is 1.96 bits per heavy atom. The van der Waals surface area contributed by atoms with Crippen molar-refractivity contribution in [3.63, 3.8) is 0 Å². The fourth-order valence-electron chi connectivity index (χ4n) is 4.07. The molecule has 136 valence electrons. The Labute approximate surface area is 147 Å². The highest BCUT2D eigenvalue weighted by Gasteiger charge is 2.42. The van der Waals surface area contributed by atoms with Gasteiger partial charge in [-0.2, -0.15) is 0 Å². The zero-order chi connectivity index (χ0) is 17.9. The number of rotatable bonds is 4. The highest BCUT2D eigenvalue weighted by atomic mass is 19.1. The fraction of sp³-hybridized carbons (Fsp3) is 0.579. The van der Waals surface area contributed by atoms with Crippen molar-refractivity contribution in [2.24, 2.45) is 5.41 Å². The fourth-order valence-corrected chi connectivity index (χ4v) is 4.07. The summed E-state index contributed by atoms with van der Waals surface area (Å²) >= 11 is 0. The minimum absolute atomic E-state index is 0.0327. The highest BCUT2D eigenvalue weighted by molar-refractivity contribution is 5.79. The molecule has 5 nitrogen and oxygen atoms in total. The van der Waals surface area contributed by atoms with Crippen molar-refractivity contribution in [1.82, 2.24) is 9.80 Å². The van der Waals surface area contributed by atoms with Gasteiger partial charge in [-0.3, -0.25) is 9.59 Å². The zero-order valence-electron chi connectivity index (χ0n) is 14.4. The Balaban J connectivity index is 1.64. The average molecular weight is 348 g/mol. The van der Waals surface area contributed by atoms with E-state index in [1.807, 2.05) is 4.90 Å². The molecule has 2 heterocycles. The van der Waals surface area contributed by atoms with Gasteiger partial charge in [0.25, 0.3) is 0 Å². The van der Waals surface area contributed by atoms with Crippen molar-refractivity contribution in [1.29, 1.82) is 0 Å². The summed E-state index contributed by atoms with van der Waals surface area (Å²) in [4.78, 5) is 28.3. The van der Waals surface area contributed by atoms with E-state index in [2.05, 4.69) is 0 Å². The lowest BCUT2D eigenvalue weighted by Gasteiger charge is -2.48. The van der Waals surface area contributed by atoms with Crippen LogP contribution in [-0.2, 0) is 16.0 Å². The maximum absolute atomic E-state index is 13.0. The van der Waals surface area contributed by atoms with Gasteiger partial charge in [0.15, 0.2) is 0 Å². The lowest BCUT2D eigenvalue weighted by Crippen LogP contribution is -2.55. The highest BCUT2D eigenvalue weighted by Crippen LogP contribution is 2.38. The smallest absolute Gasteiger partial charge is 0.227 e. The van der Waals surface area contributed by atoms with E-state index in [9.17, 15) is 14.0 Å². The number of amides is 2. The molecule has 0 saturated carbocycles. The van der Waals surface area contributed by atoms with Gasteiger partial charge in [-0.1, -0.05) is 12.1 Å². The summed E-state index contributed by atoms with van der Waals surface area (Å²) in [5, 5.41) is 9.16. The topological polar surface area (TPSA) is 60.9 Å². The molecule has 1 aromatic carbocycles. The Bertz CT molecular complexity index is 634. The molecule has 2 aliphatic rings. The van der Waals surface area contributed by atoms with Crippen molar-refractivity contribution in [2.75, 3.05) is 32.8 Å². The molecule has 1 N–H and O–H groups in total. The van der Waals surface area contributed by atoms with Crippen molar-refractivity contribution in [2.45, 2.75) is 32.1 Å². The van der Waals surface area contributed by atoms with Crippen LogP contribution in [0.1, 0.15) is 31.2 Å². The maximum atomic E-state index is 13.0. The van der Waals surface area contributed by atoms with Crippen LogP contribution in [0.5, 0.6) is 0 Å². The molecule has 3 rings (SSSR count). The molecule has 2 aliphatic heterocycles. The first kappa shape index (κ1) is 17.9. The normalized spacial score (nSPS) is 24.0. The van der Waals surface area contributed by atoms with E-state index in [1.54, 1.807) is 17.0 Å². The van der Waals surface area contributed by atoms with Gasteiger partial charge >= 0.3 is 0 Å². The molecule has 0 aromatic heterocycles. The molecule has 1 atom stereocenters. The van der Waals surface area contributed by atoms with Crippen LogP contribution in [0.15, 0.2) is 24.3 Å². The van der Waals surface area contributed by atoms with E-state index in [0.29, 0.717) is 26.1 Å². The number of aliphatic hydroxyl groups is 1. The lowest BCUT2D eigenvalue weighted by molar-refractivity contribution is -0.143. The van der Waals surface area contributed by atoms with Crippen LogP contribution < -0.4 is 0 Å². The van der Waals surface area contributed by atoms with Crippen molar-refractivity contribution in [3.05, 3.63) is 35.6 Å². The van der Waals surface area contributed by atoms with Crippen LogP contribution >= 0.6 is 0 Å². The molecule has 0 unspecified atom stereocenters. The van der Waals surface area contributed by atoms with E-state index in [1.165, 1.54) is 12.1 Å². The lowest BCUT2D eigenvalue weighted by atomic mass is 9.73. The largest absolute Gasteiger partial charge is 0.395 e. The van der Waals surface area contributed by atoms with Crippen molar-refractivity contribution < 1.29 is 19.1 Å². The Morgan fingerprint density at radius 1 is 1.20 bits per heavy atom. The van der Waals surface area contributed by atoms with Gasteiger partial charge in [-0.15, -0.1) is 0 Å². The third-order valence-corrected chi connectivity index (χ3v) is 5.40. The Kier molecular flexibility index (Phi) is 5.37. The van der Waals surface area contributed by atoms with Crippen LogP contribution in [0.25, 0.3) is 0 Å². The van der Waals surface area contributed by atoms with Gasteiger partial charge < -0.3 is 14.9 Å². The standard InChI is InChI=1S/C19H25FN2O3/c20-16-4-2-15(3-5-16)12-18(25)21-9-1-7-19(13-21)8-6-17(24)22(14-19)10-11-23/h2-5,23H,1,6-14H2/t19-/m0/s1. The Hall–Kier alpha value is -1.95. The molecule has 25 heavy (non-hydrogen) atoms. The molecule has 1 aromatic rings. The summed E-state index contributed by atoms with van der Waals surface area (Å²) in [7, 11) is 0. The van der Waals surface area contributed by atoms with E-state index < -0.39 is 0 Å². The number of hydrogen-bond donors (Lipinski definition) is 1.